The minimum Gasteiger partial charge on any atom is -0.309 e. The lowest BCUT2D eigenvalue weighted by Crippen LogP contribution is -2.01. The third-order valence-corrected chi connectivity index (χ3v) is 9.21. The van der Waals surface area contributed by atoms with Crippen LogP contribution >= 0.6 is 0 Å². The predicted molar refractivity (Wildman–Crippen MR) is 203 cm³/mol. The van der Waals surface area contributed by atoms with Crippen LogP contribution in [0.1, 0.15) is 16.7 Å². The normalized spacial score (nSPS) is 11.9. The van der Waals surface area contributed by atoms with Crippen molar-refractivity contribution in [2.24, 2.45) is 0 Å². The highest BCUT2D eigenvalue weighted by atomic mass is 15.0. The maximum atomic E-state index is 11.0. The minimum absolute atomic E-state index is 0.459. The lowest BCUT2D eigenvalue weighted by atomic mass is 9.91. The molecular weight excluding hydrogens is 611 g/mol. The van der Waals surface area contributed by atoms with E-state index in [1.54, 1.807) is 12.1 Å². The van der Waals surface area contributed by atoms with Crippen molar-refractivity contribution < 1.29 is 0 Å². The van der Waals surface area contributed by atoms with Crippen LogP contribution in [-0.4, -0.2) is 9.13 Å². The van der Waals surface area contributed by atoms with E-state index in [9.17, 15) is 15.8 Å². The predicted octanol–water partition coefficient (Wildman–Crippen LogP) is 10.9. The summed E-state index contributed by atoms with van der Waals surface area (Å²) in [5, 5.41) is 34.9. The fourth-order valence-electron chi connectivity index (χ4n) is 7.07. The molecule has 6 aromatic carbocycles. The lowest BCUT2D eigenvalue weighted by molar-refractivity contribution is 1.18. The molecule has 0 bridgehead atoms. The molecule has 0 aliphatic rings. The second kappa shape index (κ2) is 12.3. The number of nitrogens with zero attached hydrogens (tertiary/aromatic N) is 5. The van der Waals surface area contributed by atoms with E-state index in [-0.39, 0.29) is 0 Å². The third-order valence-electron chi connectivity index (χ3n) is 9.21. The van der Waals surface area contributed by atoms with Gasteiger partial charge in [-0.3, -0.25) is 0 Å². The van der Waals surface area contributed by atoms with Crippen molar-refractivity contribution in [2.75, 3.05) is 0 Å². The van der Waals surface area contributed by atoms with Crippen LogP contribution in [0.25, 0.3) is 71.7 Å². The van der Waals surface area contributed by atoms with Gasteiger partial charge in [0.2, 0.25) is 0 Å². The van der Waals surface area contributed by atoms with Gasteiger partial charge in [-0.1, -0.05) is 91.5 Å². The van der Waals surface area contributed by atoms with Gasteiger partial charge in [0.15, 0.2) is 0 Å². The summed E-state index contributed by atoms with van der Waals surface area (Å²) in [6.45, 7) is 3.92. The van der Waals surface area contributed by atoms with Crippen molar-refractivity contribution in [1.29, 1.82) is 15.8 Å². The minimum atomic E-state index is 0.459. The summed E-state index contributed by atoms with van der Waals surface area (Å²) >= 11 is 0. The van der Waals surface area contributed by atoms with Crippen LogP contribution in [-0.2, 0) is 0 Å². The molecule has 0 atom stereocenters. The van der Waals surface area contributed by atoms with Crippen LogP contribution in [0.2, 0.25) is 0 Å². The van der Waals surface area contributed by atoms with E-state index < -0.39 is 0 Å². The van der Waals surface area contributed by atoms with Gasteiger partial charge in [0, 0.05) is 32.8 Å². The molecule has 8 aromatic rings. The highest BCUT2D eigenvalue weighted by Crippen LogP contribution is 2.39. The van der Waals surface area contributed by atoms with E-state index in [1.807, 2.05) is 91.0 Å². The number of benzene rings is 6. The second-order valence-corrected chi connectivity index (χ2v) is 12.0. The number of rotatable bonds is 6. The molecule has 2 heterocycles. The van der Waals surface area contributed by atoms with Crippen LogP contribution in [0.5, 0.6) is 0 Å². The van der Waals surface area contributed by atoms with Crippen molar-refractivity contribution in [2.45, 2.75) is 0 Å². The van der Waals surface area contributed by atoms with E-state index in [0.29, 0.717) is 28.0 Å². The van der Waals surface area contributed by atoms with E-state index in [2.05, 4.69) is 82.5 Å². The number of hydrogen-bond donors (Lipinski definition) is 0. The van der Waals surface area contributed by atoms with Gasteiger partial charge in [-0.05, 0) is 77.9 Å². The first-order chi connectivity index (χ1) is 24.6. The number of aromatic nitrogens is 2. The number of allylic oxidation sites excluding steroid dienone is 5. The maximum Gasteiger partial charge on any atom is 0.102 e. The van der Waals surface area contributed by atoms with Gasteiger partial charge in [-0.15, -0.1) is 0 Å². The van der Waals surface area contributed by atoms with Gasteiger partial charge in [0.1, 0.15) is 6.07 Å². The average Bonchev–Trinajstić information content (AvgIpc) is 3.69. The molecule has 0 N–H and O–H groups in total. The van der Waals surface area contributed by atoms with Gasteiger partial charge < -0.3 is 9.13 Å². The molecule has 0 saturated carbocycles. The molecule has 0 amide bonds. The number of fused-ring (bicyclic) bond motifs is 6. The van der Waals surface area contributed by atoms with Gasteiger partial charge in [0.25, 0.3) is 0 Å². The zero-order chi connectivity index (χ0) is 34.2. The van der Waals surface area contributed by atoms with Crippen molar-refractivity contribution in [3.63, 3.8) is 0 Å². The first-order valence-corrected chi connectivity index (χ1v) is 16.2. The number of nitriles is 3. The molecule has 2 aromatic heterocycles. The number of hydrogen-bond acceptors (Lipinski definition) is 3. The highest BCUT2D eigenvalue weighted by molar-refractivity contribution is 6.13. The summed E-state index contributed by atoms with van der Waals surface area (Å²) in [6.07, 6.45) is 5.48. The zero-order valence-corrected chi connectivity index (χ0v) is 26.9. The Bertz CT molecular complexity index is 2820. The van der Waals surface area contributed by atoms with E-state index in [1.165, 1.54) is 0 Å². The van der Waals surface area contributed by atoms with Crippen LogP contribution in [0.4, 0.5) is 0 Å². The molecule has 0 aliphatic heterocycles. The maximum absolute atomic E-state index is 11.0. The molecule has 8 rings (SSSR count). The molecule has 0 unspecified atom stereocenters. The largest absolute Gasteiger partial charge is 0.309 e. The third kappa shape index (κ3) is 4.77. The van der Waals surface area contributed by atoms with Gasteiger partial charge >= 0.3 is 0 Å². The van der Waals surface area contributed by atoms with Crippen molar-refractivity contribution in [3.05, 3.63) is 175 Å². The smallest absolute Gasteiger partial charge is 0.102 e. The Morgan fingerprint density at radius 3 is 1.84 bits per heavy atom. The molecule has 0 spiro atoms. The monoisotopic (exact) mass is 637 g/mol. The summed E-state index contributed by atoms with van der Waals surface area (Å²) in [7, 11) is 0. The Hall–Kier alpha value is -7.39. The highest BCUT2D eigenvalue weighted by Gasteiger charge is 2.20. The van der Waals surface area contributed by atoms with E-state index in [0.717, 1.165) is 60.4 Å². The fourth-order valence-corrected chi connectivity index (χ4v) is 7.07. The molecule has 0 aliphatic carbocycles. The second-order valence-electron chi connectivity index (χ2n) is 12.0. The van der Waals surface area contributed by atoms with Crippen LogP contribution in [0.15, 0.2) is 158 Å². The Labute approximate surface area is 289 Å². The molecule has 50 heavy (non-hydrogen) atoms. The summed E-state index contributed by atoms with van der Waals surface area (Å²) in [5.74, 6) is 0. The Kier molecular flexibility index (Phi) is 7.39. The van der Waals surface area contributed by atoms with Gasteiger partial charge in [-0.25, -0.2) is 0 Å². The zero-order valence-electron chi connectivity index (χ0n) is 26.9. The van der Waals surface area contributed by atoms with Crippen molar-refractivity contribution in [3.8, 4) is 35.0 Å². The molecule has 232 valence electrons. The fraction of sp³-hybridized carbons (Fsp3) is 0. The molecule has 0 saturated heterocycles. The molecule has 5 nitrogen and oxygen atoms in total. The topological polar surface area (TPSA) is 81.2 Å². The average molecular weight is 638 g/mol. The Morgan fingerprint density at radius 2 is 1.18 bits per heavy atom. The van der Waals surface area contributed by atoms with Crippen LogP contribution in [0, 0.1) is 34.0 Å². The van der Waals surface area contributed by atoms with E-state index >= 15 is 0 Å². The molecule has 0 radical (unpaired) electrons. The summed E-state index contributed by atoms with van der Waals surface area (Å²) in [5.41, 5.74) is 9.45. The quantitative estimate of drug-likeness (QED) is 0.134. The van der Waals surface area contributed by atoms with Gasteiger partial charge in [0.05, 0.1) is 56.6 Å². The standard InChI is InChI=1S/C45H27N5/c1-2-3-16-44(50-42-18-8-4-13-35(42)36-14-5-9-19-43(36)50)40(29-48)34-22-20-30(27-46)24-38(34)32-11-10-12-33(26-32)49-41-17-7-6-15-37(41)39-25-31(28-47)21-23-45(39)49/h2-26H,1H2/b16-3-,44-40-. The first kappa shape index (κ1) is 30.0. The van der Waals surface area contributed by atoms with Crippen LogP contribution in [0.3, 0.4) is 0 Å². The summed E-state index contributed by atoms with van der Waals surface area (Å²) in [6, 6.07) is 51.1. The lowest BCUT2D eigenvalue weighted by Gasteiger charge is -2.16. The summed E-state index contributed by atoms with van der Waals surface area (Å²) in [4.78, 5) is 0. The SMILES string of the molecule is C=C/C=C\C(=C(/C#N)c1ccc(C#N)cc1-c1cccc(-n2c3ccccc3c3cc(C#N)ccc32)c1)n1c2ccccc2c2ccccc21. The van der Waals surface area contributed by atoms with E-state index in [4.69, 9.17) is 0 Å². The Morgan fingerprint density at radius 1 is 0.580 bits per heavy atom. The summed E-state index contributed by atoms with van der Waals surface area (Å²) < 4.78 is 4.33. The molecular formula is C45H27N5. The Balaban J connectivity index is 1.41. The van der Waals surface area contributed by atoms with Crippen molar-refractivity contribution in [1.82, 2.24) is 9.13 Å². The molecule has 5 heteroatoms. The molecule has 0 fully saturated rings. The van der Waals surface area contributed by atoms with Gasteiger partial charge in [-0.2, -0.15) is 15.8 Å². The van der Waals surface area contributed by atoms with Crippen molar-refractivity contribution >= 4 is 54.9 Å². The first-order valence-electron chi connectivity index (χ1n) is 16.2. The van der Waals surface area contributed by atoms with Crippen LogP contribution < -0.4 is 0 Å². The number of para-hydroxylation sites is 3.